The maximum absolute atomic E-state index is 12.8. The summed E-state index contributed by atoms with van der Waals surface area (Å²) in [6.45, 7) is 8.95. The Hall–Kier alpha value is -4.45. The molecule has 54 heavy (non-hydrogen) atoms. The zero-order valence-corrected chi connectivity index (χ0v) is 33.1. The van der Waals surface area contributed by atoms with E-state index in [1.165, 1.54) is 6.08 Å². The van der Waals surface area contributed by atoms with Gasteiger partial charge in [0.25, 0.3) is 0 Å². The van der Waals surface area contributed by atoms with Crippen LogP contribution in [0.5, 0.6) is 6.01 Å². The van der Waals surface area contributed by atoms with E-state index in [0.717, 1.165) is 68.6 Å². The van der Waals surface area contributed by atoms with Gasteiger partial charge in [-0.3, -0.25) is 14.5 Å². The van der Waals surface area contributed by atoms with Gasteiger partial charge in [0.1, 0.15) is 12.4 Å². The molecule has 1 N–H and O–H groups in total. The van der Waals surface area contributed by atoms with Crippen molar-refractivity contribution in [1.82, 2.24) is 25.1 Å². The topological polar surface area (TPSA) is 118 Å². The van der Waals surface area contributed by atoms with Crippen molar-refractivity contribution in [3.8, 4) is 12.1 Å². The SMILES string of the molecule is C=CC(=O)N1CCN(c2nc(OC[C@@H]3CCCN3CCC(=O)NCc3ccccc3I)nc3c2CCN(c2cccc4cccc(Cl)c24)C3)C[C@@H]1CC#N. The van der Waals surface area contributed by atoms with Crippen LogP contribution in [0.3, 0.4) is 0 Å². The maximum Gasteiger partial charge on any atom is 0.318 e. The van der Waals surface area contributed by atoms with Gasteiger partial charge in [-0.05, 0) is 83.6 Å². The van der Waals surface area contributed by atoms with E-state index in [0.29, 0.717) is 69.8 Å². The van der Waals surface area contributed by atoms with Crippen molar-refractivity contribution in [2.45, 2.75) is 57.3 Å². The van der Waals surface area contributed by atoms with Gasteiger partial charge in [0.2, 0.25) is 11.8 Å². The average Bonchev–Trinajstić information content (AvgIpc) is 3.65. The second-order valence-electron chi connectivity index (χ2n) is 14.0. The Morgan fingerprint density at radius 3 is 2.69 bits per heavy atom. The van der Waals surface area contributed by atoms with Crippen molar-refractivity contribution in [3.05, 3.63) is 98.7 Å². The number of nitrogens with one attached hydrogen (secondary N) is 1. The molecule has 3 aromatic carbocycles. The monoisotopic (exact) mass is 858 g/mol. The number of ether oxygens (including phenoxy) is 1. The molecule has 7 rings (SSSR count). The number of fused-ring (bicyclic) bond motifs is 2. The van der Waals surface area contributed by atoms with Crippen LogP contribution in [0.25, 0.3) is 10.8 Å². The summed E-state index contributed by atoms with van der Waals surface area (Å²) < 4.78 is 7.60. The van der Waals surface area contributed by atoms with Crippen LogP contribution in [-0.2, 0) is 29.1 Å². The Morgan fingerprint density at radius 2 is 1.87 bits per heavy atom. The molecule has 0 radical (unpaired) electrons. The van der Waals surface area contributed by atoms with Crippen LogP contribution in [0.4, 0.5) is 11.5 Å². The van der Waals surface area contributed by atoms with Crippen LogP contribution in [0.2, 0.25) is 5.02 Å². The van der Waals surface area contributed by atoms with E-state index in [2.05, 4.69) is 79.5 Å². The number of hydrogen-bond donors (Lipinski definition) is 1. The summed E-state index contributed by atoms with van der Waals surface area (Å²) in [7, 11) is 0. The number of rotatable bonds is 12. The minimum atomic E-state index is -0.289. The quantitative estimate of drug-likeness (QED) is 0.133. The maximum atomic E-state index is 12.8. The molecule has 4 heterocycles. The van der Waals surface area contributed by atoms with Gasteiger partial charge < -0.3 is 24.8 Å². The average molecular weight is 859 g/mol. The highest BCUT2D eigenvalue weighted by molar-refractivity contribution is 14.1. The number of nitrogens with zero attached hydrogens (tertiary/aromatic N) is 7. The number of carbonyl (C=O) groups excluding carboxylic acids is 2. The van der Waals surface area contributed by atoms with Gasteiger partial charge in [-0.15, -0.1) is 0 Å². The van der Waals surface area contributed by atoms with E-state index < -0.39 is 0 Å². The Labute approximate surface area is 335 Å². The third-order valence-corrected chi connectivity index (χ3v) is 12.1. The van der Waals surface area contributed by atoms with Crippen molar-refractivity contribution < 1.29 is 14.3 Å². The number of carbonyl (C=O) groups is 2. The van der Waals surface area contributed by atoms with Crippen LogP contribution in [0.15, 0.2) is 73.3 Å². The Morgan fingerprint density at radius 1 is 1.04 bits per heavy atom. The molecule has 1 aromatic heterocycles. The summed E-state index contributed by atoms with van der Waals surface area (Å²) in [6, 6.07) is 22.7. The van der Waals surface area contributed by atoms with Crippen molar-refractivity contribution in [3.63, 3.8) is 0 Å². The standard InChI is InChI=1S/C41H44ClIN8O3/c1-2-38(53)51-23-22-50(25-30(51)15-18-44)40-32-16-20-49(36-14-6-10-28-9-5-12-33(42)39(28)36)26-35(32)46-41(47-40)54-27-31-11-7-19-48(31)21-17-37(52)45-24-29-8-3-4-13-34(29)43/h2-6,8-10,12-14,30-31H,1,7,11,15-17,19-27H2,(H,45,52)/t30-,31-/m0/s1. The van der Waals surface area contributed by atoms with Gasteiger partial charge in [-0.2, -0.15) is 15.2 Å². The fraction of sp³-hybridized carbons (Fsp3) is 0.390. The predicted molar refractivity (Wildman–Crippen MR) is 220 cm³/mol. The fourth-order valence-corrected chi connectivity index (χ4v) is 8.77. The predicted octanol–water partition coefficient (Wildman–Crippen LogP) is 6.12. The zero-order valence-electron chi connectivity index (χ0n) is 30.2. The van der Waals surface area contributed by atoms with Crippen molar-refractivity contribution >= 4 is 68.3 Å². The Kier molecular flexibility index (Phi) is 12.2. The number of likely N-dealkylation sites (tertiary alicyclic amines) is 1. The molecule has 280 valence electrons. The zero-order chi connectivity index (χ0) is 37.6. The van der Waals surface area contributed by atoms with E-state index in [1.54, 1.807) is 4.90 Å². The molecule has 0 aliphatic carbocycles. The van der Waals surface area contributed by atoms with E-state index >= 15 is 0 Å². The van der Waals surface area contributed by atoms with E-state index in [9.17, 15) is 14.9 Å². The highest BCUT2D eigenvalue weighted by Crippen LogP contribution is 2.37. The molecule has 3 aliphatic heterocycles. The Balaban J connectivity index is 1.10. The first-order chi connectivity index (χ1) is 26.3. The first-order valence-electron chi connectivity index (χ1n) is 18.6. The van der Waals surface area contributed by atoms with Gasteiger partial charge >= 0.3 is 6.01 Å². The molecule has 0 saturated carbocycles. The lowest BCUT2D eigenvalue weighted by Crippen LogP contribution is -2.55. The summed E-state index contributed by atoms with van der Waals surface area (Å²) in [5.74, 6) is 0.662. The first-order valence-corrected chi connectivity index (χ1v) is 20.0. The number of aromatic nitrogens is 2. The van der Waals surface area contributed by atoms with Crippen LogP contribution in [0, 0.1) is 14.9 Å². The molecule has 3 aliphatic rings. The van der Waals surface area contributed by atoms with Gasteiger partial charge in [0.15, 0.2) is 0 Å². The van der Waals surface area contributed by atoms with Gasteiger partial charge in [-0.1, -0.05) is 60.6 Å². The third kappa shape index (κ3) is 8.43. The summed E-state index contributed by atoms with van der Waals surface area (Å²) in [4.78, 5) is 44.1. The minimum Gasteiger partial charge on any atom is -0.462 e. The van der Waals surface area contributed by atoms with Gasteiger partial charge in [0, 0.05) is 71.9 Å². The van der Waals surface area contributed by atoms with Crippen LogP contribution >= 0.6 is 34.2 Å². The Bertz CT molecular complexity index is 2070. The molecule has 2 amide bonds. The van der Waals surface area contributed by atoms with E-state index in [4.69, 9.17) is 26.3 Å². The normalized spacial score (nSPS) is 18.6. The van der Waals surface area contributed by atoms with E-state index in [1.807, 2.05) is 36.4 Å². The number of halogens is 2. The summed E-state index contributed by atoms with van der Waals surface area (Å²) in [6.07, 6.45) is 4.65. The lowest BCUT2D eigenvalue weighted by molar-refractivity contribution is -0.128. The number of piperazine rings is 1. The number of hydrogen-bond acceptors (Lipinski definition) is 9. The number of anilines is 2. The van der Waals surface area contributed by atoms with Crippen molar-refractivity contribution in [2.24, 2.45) is 0 Å². The molecule has 2 atom stereocenters. The molecular weight excluding hydrogens is 815 g/mol. The second kappa shape index (κ2) is 17.3. The lowest BCUT2D eigenvalue weighted by atomic mass is 10.0. The van der Waals surface area contributed by atoms with Crippen molar-refractivity contribution in [1.29, 1.82) is 5.26 Å². The molecule has 11 nitrogen and oxygen atoms in total. The number of nitriles is 1. The third-order valence-electron chi connectivity index (χ3n) is 10.7. The highest BCUT2D eigenvalue weighted by Gasteiger charge is 2.34. The number of benzene rings is 3. The molecule has 0 bridgehead atoms. The van der Waals surface area contributed by atoms with Crippen LogP contribution in [0.1, 0.15) is 42.5 Å². The van der Waals surface area contributed by atoms with Crippen LogP contribution < -0.4 is 19.9 Å². The molecule has 2 saturated heterocycles. The van der Waals surface area contributed by atoms with E-state index in [-0.39, 0.29) is 30.3 Å². The second-order valence-corrected chi connectivity index (χ2v) is 15.6. The largest absolute Gasteiger partial charge is 0.462 e. The first kappa shape index (κ1) is 37.8. The fourth-order valence-electron chi connectivity index (χ4n) is 7.91. The van der Waals surface area contributed by atoms with Crippen molar-refractivity contribution in [2.75, 3.05) is 55.7 Å². The summed E-state index contributed by atoms with van der Waals surface area (Å²) in [5, 5.41) is 15.5. The summed E-state index contributed by atoms with van der Waals surface area (Å²) in [5.41, 5.74) is 4.11. The van der Waals surface area contributed by atoms with Crippen LogP contribution in [-0.4, -0.2) is 89.5 Å². The molecule has 2 fully saturated rings. The molecular formula is C41H44ClIN8O3. The van der Waals surface area contributed by atoms with Gasteiger partial charge in [-0.25, -0.2) is 0 Å². The lowest BCUT2D eigenvalue weighted by Gasteiger charge is -2.42. The molecule has 13 heteroatoms. The highest BCUT2D eigenvalue weighted by atomic mass is 127. The smallest absolute Gasteiger partial charge is 0.318 e. The van der Waals surface area contributed by atoms with Gasteiger partial charge in [0.05, 0.1) is 35.8 Å². The molecule has 0 unspecified atom stereocenters. The minimum absolute atomic E-state index is 0.0329. The summed E-state index contributed by atoms with van der Waals surface area (Å²) >= 11 is 9.05. The molecule has 0 spiro atoms. The molecule has 4 aromatic rings. The number of amides is 2.